The largest absolute Gasteiger partial charge is 0.493 e. The van der Waals surface area contributed by atoms with E-state index in [1.807, 2.05) is 56.3 Å². The monoisotopic (exact) mass is 425 g/mol. The fraction of sp³-hybridized carbons (Fsp3) is 0.417. The highest BCUT2D eigenvalue weighted by molar-refractivity contribution is 5.87. The Hall–Kier alpha value is -3.22. The van der Waals surface area contributed by atoms with Crippen molar-refractivity contribution < 1.29 is 19.1 Å². The number of nitrogens with zero attached hydrogens (tertiary/aromatic N) is 1. The molecule has 2 aromatic carbocycles. The molecule has 3 amide bonds. The van der Waals surface area contributed by atoms with Crippen LogP contribution in [-0.4, -0.2) is 43.6 Å². The Morgan fingerprint density at radius 3 is 2.29 bits per heavy atom. The predicted molar refractivity (Wildman–Crippen MR) is 119 cm³/mol. The minimum atomic E-state index is -0.600. The average Bonchev–Trinajstić information content (AvgIpc) is 2.79. The van der Waals surface area contributed by atoms with Gasteiger partial charge in [-0.2, -0.15) is 0 Å². The van der Waals surface area contributed by atoms with Crippen LogP contribution < -0.4 is 20.1 Å². The van der Waals surface area contributed by atoms with Gasteiger partial charge < -0.3 is 25.0 Å². The van der Waals surface area contributed by atoms with E-state index in [9.17, 15) is 9.59 Å². The molecule has 0 bridgehead atoms. The maximum atomic E-state index is 13.3. The quantitative estimate of drug-likeness (QED) is 0.714. The molecule has 0 saturated heterocycles. The molecule has 31 heavy (non-hydrogen) atoms. The number of hydrogen-bond donors (Lipinski definition) is 2. The van der Waals surface area contributed by atoms with Crippen molar-refractivity contribution in [2.45, 2.75) is 39.4 Å². The maximum absolute atomic E-state index is 13.3. The van der Waals surface area contributed by atoms with Crippen LogP contribution in [-0.2, 0) is 24.3 Å². The van der Waals surface area contributed by atoms with E-state index in [0.29, 0.717) is 31.1 Å². The number of ether oxygens (including phenoxy) is 2. The number of fused-ring (bicyclic) bond motifs is 1. The zero-order chi connectivity index (χ0) is 22.4. The van der Waals surface area contributed by atoms with Crippen LogP contribution in [0.3, 0.4) is 0 Å². The average molecular weight is 426 g/mol. The Balaban J connectivity index is 1.65. The fourth-order valence-corrected chi connectivity index (χ4v) is 3.75. The first-order chi connectivity index (χ1) is 14.9. The first-order valence-corrected chi connectivity index (χ1v) is 10.5. The molecule has 2 N–H and O–H groups in total. The normalized spacial score (nSPS) is 13.9. The Labute approximate surface area is 183 Å². The van der Waals surface area contributed by atoms with Gasteiger partial charge in [0.05, 0.1) is 14.2 Å². The molecule has 3 rings (SSSR count). The van der Waals surface area contributed by atoms with Crippen molar-refractivity contribution in [2.75, 3.05) is 20.8 Å². The van der Waals surface area contributed by atoms with Crippen LogP contribution in [0.25, 0.3) is 0 Å². The van der Waals surface area contributed by atoms with Crippen LogP contribution in [0.2, 0.25) is 0 Å². The minimum Gasteiger partial charge on any atom is -0.493 e. The Morgan fingerprint density at radius 1 is 1.03 bits per heavy atom. The number of benzene rings is 2. The van der Waals surface area contributed by atoms with Crippen molar-refractivity contribution in [3.8, 4) is 11.5 Å². The zero-order valence-electron chi connectivity index (χ0n) is 18.6. The van der Waals surface area contributed by atoms with Crippen molar-refractivity contribution in [3.05, 3.63) is 59.2 Å². The molecular formula is C24H31N3O4. The number of urea groups is 1. The zero-order valence-corrected chi connectivity index (χ0v) is 18.6. The molecule has 1 aliphatic rings. The smallest absolute Gasteiger partial charge is 0.315 e. The number of nitrogens with one attached hydrogen (secondary N) is 2. The van der Waals surface area contributed by atoms with Crippen LogP contribution in [0.1, 0.15) is 30.5 Å². The molecular weight excluding hydrogens is 394 g/mol. The van der Waals surface area contributed by atoms with Crippen LogP contribution in [0, 0.1) is 5.92 Å². The number of hydrogen-bond acceptors (Lipinski definition) is 4. The lowest BCUT2D eigenvalue weighted by molar-refractivity contribution is -0.135. The van der Waals surface area contributed by atoms with Gasteiger partial charge in [0.1, 0.15) is 6.04 Å². The van der Waals surface area contributed by atoms with Gasteiger partial charge in [-0.1, -0.05) is 44.2 Å². The first kappa shape index (κ1) is 22.5. The summed E-state index contributed by atoms with van der Waals surface area (Å²) in [6.45, 7) is 5.35. The second-order valence-electron chi connectivity index (χ2n) is 8.02. The lowest BCUT2D eigenvalue weighted by atomic mass is 9.96. The Bertz CT molecular complexity index is 915. The van der Waals surface area contributed by atoms with E-state index < -0.39 is 6.04 Å². The molecule has 1 aliphatic heterocycles. The number of methoxy groups -OCH3 is 2. The predicted octanol–water partition coefficient (Wildman–Crippen LogP) is 3.11. The minimum absolute atomic E-state index is 0.0400. The lowest BCUT2D eigenvalue weighted by Gasteiger charge is -2.33. The molecule has 0 unspecified atom stereocenters. The van der Waals surface area contributed by atoms with Crippen molar-refractivity contribution in [2.24, 2.45) is 5.92 Å². The Morgan fingerprint density at radius 2 is 1.68 bits per heavy atom. The fourth-order valence-electron chi connectivity index (χ4n) is 3.75. The van der Waals surface area contributed by atoms with Crippen LogP contribution in [0.15, 0.2) is 42.5 Å². The van der Waals surface area contributed by atoms with Crippen LogP contribution in [0.5, 0.6) is 11.5 Å². The van der Waals surface area contributed by atoms with Crippen molar-refractivity contribution in [1.29, 1.82) is 0 Å². The molecule has 0 fully saturated rings. The maximum Gasteiger partial charge on any atom is 0.315 e. The van der Waals surface area contributed by atoms with Gasteiger partial charge in [0.2, 0.25) is 5.91 Å². The number of amides is 3. The highest BCUT2D eigenvalue weighted by atomic mass is 16.5. The summed E-state index contributed by atoms with van der Waals surface area (Å²) >= 11 is 0. The second-order valence-corrected chi connectivity index (χ2v) is 8.02. The summed E-state index contributed by atoms with van der Waals surface area (Å²) in [4.78, 5) is 27.5. The molecule has 1 atom stereocenters. The number of carbonyl (C=O) groups excluding carboxylic acids is 2. The van der Waals surface area contributed by atoms with E-state index in [0.717, 1.165) is 23.1 Å². The summed E-state index contributed by atoms with van der Waals surface area (Å²) in [5.74, 6) is 1.22. The van der Waals surface area contributed by atoms with Crippen molar-refractivity contribution in [1.82, 2.24) is 15.5 Å². The van der Waals surface area contributed by atoms with E-state index in [2.05, 4.69) is 10.6 Å². The topological polar surface area (TPSA) is 79.9 Å². The third-order valence-electron chi connectivity index (χ3n) is 5.54. The van der Waals surface area contributed by atoms with Crippen LogP contribution >= 0.6 is 0 Å². The van der Waals surface area contributed by atoms with E-state index >= 15 is 0 Å². The summed E-state index contributed by atoms with van der Waals surface area (Å²) in [5, 5.41) is 5.70. The van der Waals surface area contributed by atoms with Gasteiger partial charge in [0.25, 0.3) is 0 Å². The van der Waals surface area contributed by atoms with Gasteiger partial charge in [0, 0.05) is 19.6 Å². The SMILES string of the molecule is COc1cc2c(cc1OC)CN(C(=O)[C@@H](NC(=O)NCc1ccccc1)C(C)C)CC2. The second kappa shape index (κ2) is 10.2. The van der Waals surface area contributed by atoms with Crippen molar-refractivity contribution >= 4 is 11.9 Å². The third-order valence-corrected chi connectivity index (χ3v) is 5.54. The standard InChI is InChI=1S/C24H31N3O4/c1-16(2)22(26-24(29)25-14-17-8-6-5-7-9-17)23(28)27-11-10-18-12-20(30-3)21(31-4)13-19(18)15-27/h5-9,12-13,16,22H,10-11,14-15H2,1-4H3,(H2,25,26,29)/t22-/m0/s1. The summed E-state index contributed by atoms with van der Waals surface area (Å²) in [6.07, 6.45) is 0.729. The summed E-state index contributed by atoms with van der Waals surface area (Å²) < 4.78 is 10.8. The van der Waals surface area contributed by atoms with Gasteiger partial charge in [-0.05, 0) is 41.2 Å². The van der Waals surface area contributed by atoms with Gasteiger partial charge in [-0.15, -0.1) is 0 Å². The molecule has 0 radical (unpaired) electrons. The highest BCUT2D eigenvalue weighted by Gasteiger charge is 2.31. The van der Waals surface area contributed by atoms with Gasteiger partial charge in [0.15, 0.2) is 11.5 Å². The molecule has 0 aliphatic carbocycles. The molecule has 7 heteroatoms. The van der Waals surface area contributed by atoms with E-state index in [1.54, 1.807) is 19.1 Å². The molecule has 0 spiro atoms. The van der Waals surface area contributed by atoms with Gasteiger partial charge in [-0.25, -0.2) is 4.79 Å². The van der Waals surface area contributed by atoms with Gasteiger partial charge in [-0.3, -0.25) is 4.79 Å². The van der Waals surface area contributed by atoms with E-state index in [4.69, 9.17) is 9.47 Å². The summed E-state index contributed by atoms with van der Waals surface area (Å²) in [7, 11) is 3.22. The molecule has 7 nitrogen and oxygen atoms in total. The molecule has 0 saturated carbocycles. The first-order valence-electron chi connectivity index (χ1n) is 10.5. The highest BCUT2D eigenvalue weighted by Crippen LogP contribution is 2.33. The van der Waals surface area contributed by atoms with E-state index in [1.165, 1.54) is 0 Å². The lowest BCUT2D eigenvalue weighted by Crippen LogP contribution is -2.54. The molecule has 2 aromatic rings. The Kier molecular flexibility index (Phi) is 7.39. The van der Waals surface area contributed by atoms with E-state index in [-0.39, 0.29) is 17.9 Å². The van der Waals surface area contributed by atoms with Crippen LogP contribution in [0.4, 0.5) is 4.79 Å². The summed E-state index contributed by atoms with van der Waals surface area (Å²) in [5.41, 5.74) is 3.19. The number of carbonyl (C=O) groups is 2. The van der Waals surface area contributed by atoms with Crippen molar-refractivity contribution in [3.63, 3.8) is 0 Å². The molecule has 0 aromatic heterocycles. The summed E-state index contributed by atoms with van der Waals surface area (Å²) in [6, 6.07) is 12.6. The number of rotatable bonds is 7. The van der Waals surface area contributed by atoms with Gasteiger partial charge >= 0.3 is 6.03 Å². The molecule has 1 heterocycles. The molecule has 166 valence electrons. The third kappa shape index (κ3) is 5.48.